The van der Waals surface area contributed by atoms with E-state index in [1.54, 1.807) is 36.4 Å². The van der Waals surface area contributed by atoms with Gasteiger partial charge < -0.3 is 0 Å². The second-order valence-corrected chi connectivity index (χ2v) is 5.89. The minimum atomic E-state index is -0.446. The van der Waals surface area contributed by atoms with E-state index in [9.17, 15) is 42.1 Å². The van der Waals surface area contributed by atoms with Gasteiger partial charge in [0, 0.05) is 21.9 Å². The van der Waals surface area contributed by atoms with E-state index in [0.717, 1.165) is 0 Å². The molecule has 3 rings (SSSR count). The lowest BCUT2D eigenvalue weighted by Gasteiger charge is -2.15. The minimum absolute atomic E-state index is 0.136. The molecule has 0 aromatic heterocycles. The summed E-state index contributed by atoms with van der Waals surface area (Å²) in [6, 6.07) is 14.1. The summed E-state index contributed by atoms with van der Waals surface area (Å²) in [6.07, 6.45) is 0. The fraction of sp³-hybridized carbons (Fsp3) is 0. The fourth-order valence-electron chi connectivity index (χ4n) is 3.64. The molecule has 0 saturated heterocycles. The van der Waals surface area contributed by atoms with Gasteiger partial charge >= 0.3 is 0 Å². The van der Waals surface area contributed by atoms with Crippen LogP contribution in [0.25, 0.3) is 21.9 Å². The first-order valence-corrected chi connectivity index (χ1v) is 8.04. The molecular formula is C22HN9. The molecule has 0 bridgehead atoms. The Kier molecular flexibility index (Phi) is 4.47. The van der Waals surface area contributed by atoms with Gasteiger partial charge in [-0.2, -0.15) is 42.1 Å². The Labute approximate surface area is 174 Å². The highest BCUT2D eigenvalue weighted by Gasteiger charge is 2.37. The van der Waals surface area contributed by atoms with E-state index >= 15 is 0 Å². The maximum absolute atomic E-state index is 9.91. The summed E-state index contributed by atoms with van der Waals surface area (Å²) in [7, 11) is 0. The first-order chi connectivity index (χ1) is 15.0. The van der Waals surface area contributed by atoms with Gasteiger partial charge in [-0.3, -0.25) is 5.41 Å². The summed E-state index contributed by atoms with van der Waals surface area (Å²) in [6.45, 7) is 0. The van der Waals surface area contributed by atoms with Crippen molar-refractivity contribution in [3.8, 4) is 48.6 Å². The van der Waals surface area contributed by atoms with Crippen molar-refractivity contribution >= 4 is 27.8 Å². The third-order valence-electron chi connectivity index (χ3n) is 4.77. The van der Waals surface area contributed by atoms with Crippen molar-refractivity contribution in [2.24, 2.45) is 0 Å². The molecule has 0 spiro atoms. The molecule has 31 heavy (non-hydrogen) atoms. The molecule has 1 aliphatic carbocycles. The van der Waals surface area contributed by atoms with Gasteiger partial charge in [-0.05, 0) is 5.87 Å². The quantitative estimate of drug-likeness (QED) is 0.656. The Hall–Kier alpha value is -6.19. The van der Waals surface area contributed by atoms with Crippen molar-refractivity contribution in [1.82, 2.24) is 0 Å². The Morgan fingerprint density at radius 2 is 0.806 bits per heavy atom. The van der Waals surface area contributed by atoms with Crippen LogP contribution in [0.1, 0.15) is 44.5 Å². The van der Waals surface area contributed by atoms with E-state index in [2.05, 4.69) is 0 Å². The van der Waals surface area contributed by atoms with E-state index in [-0.39, 0.29) is 49.7 Å². The number of benzene rings is 2. The van der Waals surface area contributed by atoms with E-state index < -0.39 is 22.3 Å². The summed E-state index contributed by atoms with van der Waals surface area (Å²) in [5.41, 5.74) is -3.46. The predicted molar refractivity (Wildman–Crippen MR) is 102 cm³/mol. The zero-order valence-corrected chi connectivity index (χ0v) is 15.1. The summed E-state index contributed by atoms with van der Waals surface area (Å²) in [5, 5.41) is 84.5. The van der Waals surface area contributed by atoms with E-state index in [1.165, 1.54) is 0 Å². The number of nitriles is 8. The van der Waals surface area contributed by atoms with E-state index in [1.807, 2.05) is 18.0 Å². The zero-order chi connectivity index (χ0) is 22.9. The topological polar surface area (TPSA) is 214 Å². The number of nitrogens with zero attached hydrogens (tertiary/aromatic N) is 8. The van der Waals surface area contributed by atoms with Crippen LogP contribution in [0.2, 0.25) is 0 Å². The highest BCUT2D eigenvalue weighted by Crippen LogP contribution is 2.48. The lowest BCUT2D eigenvalue weighted by atomic mass is 9.81. The first kappa shape index (κ1) is 19.6. The Morgan fingerprint density at radius 1 is 0.419 bits per heavy atom. The summed E-state index contributed by atoms with van der Waals surface area (Å²) in [5.74, 6) is 2.00. The molecule has 0 aliphatic heterocycles. The molecule has 0 atom stereocenters. The molecule has 1 aliphatic rings. The SMILES string of the molecule is N#CC1=C(C#N)c2c(c(C#N)c3c(C#N)c(C#N)c(C#N)c(C#N)c3c2C#N)C1=C=N. The second kappa shape index (κ2) is 7.09. The van der Waals surface area contributed by atoms with Gasteiger partial charge in [0.15, 0.2) is 0 Å². The maximum Gasteiger partial charge on any atom is 0.102 e. The van der Waals surface area contributed by atoms with Gasteiger partial charge in [0.1, 0.15) is 48.6 Å². The van der Waals surface area contributed by atoms with Crippen molar-refractivity contribution in [2.75, 3.05) is 0 Å². The van der Waals surface area contributed by atoms with Gasteiger partial charge in [0.2, 0.25) is 0 Å². The van der Waals surface area contributed by atoms with Gasteiger partial charge in [0.25, 0.3) is 0 Å². The highest BCUT2D eigenvalue weighted by molar-refractivity contribution is 6.20. The molecule has 9 heteroatoms. The predicted octanol–water partition coefficient (Wildman–Crippen LogP) is 2.52. The maximum atomic E-state index is 9.91. The molecule has 134 valence electrons. The number of fused-ring (bicyclic) bond motifs is 2. The van der Waals surface area contributed by atoms with Gasteiger partial charge in [-0.15, -0.1) is 0 Å². The van der Waals surface area contributed by atoms with Gasteiger partial charge in [-0.1, -0.05) is 0 Å². The zero-order valence-electron chi connectivity index (χ0n) is 15.1. The second-order valence-electron chi connectivity index (χ2n) is 5.89. The molecule has 1 N–H and O–H groups in total. The van der Waals surface area contributed by atoms with E-state index in [4.69, 9.17) is 5.41 Å². The van der Waals surface area contributed by atoms with Crippen LogP contribution in [-0.2, 0) is 0 Å². The number of hydrogen-bond acceptors (Lipinski definition) is 9. The Bertz CT molecular complexity index is 1710. The lowest BCUT2D eigenvalue weighted by Crippen LogP contribution is -2.05. The Balaban J connectivity index is 2.97. The summed E-state index contributed by atoms with van der Waals surface area (Å²) in [4.78, 5) is 0. The largest absolute Gasteiger partial charge is 0.258 e. The van der Waals surface area contributed by atoms with E-state index in [0.29, 0.717) is 0 Å². The minimum Gasteiger partial charge on any atom is -0.258 e. The molecule has 0 radical (unpaired) electrons. The standard InChI is InChI=1S/C22HN9/c23-1-10-11(2-24)14(5-27)20-18(9-31)22-16(7-29)12(3-25)15(6-28)21(22)17(8-30)19(20)13(10)4-26/h28H. The van der Waals surface area contributed by atoms with Crippen molar-refractivity contribution < 1.29 is 0 Å². The van der Waals surface area contributed by atoms with Gasteiger partial charge in [0.05, 0.1) is 50.1 Å². The van der Waals surface area contributed by atoms with Crippen LogP contribution >= 0.6 is 0 Å². The van der Waals surface area contributed by atoms with Crippen molar-refractivity contribution in [3.05, 3.63) is 50.1 Å². The normalized spacial score (nSPS) is 10.8. The van der Waals surface area contributed by atoms with Crippen LogP contribution in [0.5, 0.6) is 0 Å². The van der Waals surface area contributed by atoms with Gasteiger partial charge in [-0.25, -0.2) is 0 Å². The third kappa shape index (κ3) is 2.20. The molecule has 2 aromatic rings. The molecule has 0 amide bonds. The number of hydrogen-bond donors (Lipinski definition) is 1. The van der Waals surface area contributed by atoms with Crippen molar-refractivity contribution in [3.63, 3.8) is 0 Å². The first-order valence-electron chi connectivity index (χ1n) is 8.04. The van der Waals surface area contributed by atoms with Crippen LogP contribution in [0.3, 0.4) is 0 Å². The fourth-order valence-corrected chi connectivity index (χ4v) is 3.64. The molecule has 0 saturated carbocycles. The van der Waals surface area contributed by atoms with Crippen LogP contribution in [0, 0.1) is 96.1 Å². The van der Waals surface area contributed by atoms with Crippen LogP contribution in [0.15, 0.2) is 5.57 Å². The van der Waals surface area contributed by atoms with Crippen molar-refractivity contribution in [2.45, 2.75) is 0 Å². The highest BCUT2D eigenvalue weighted by atomic mass is 14.4. The third-order valence-corrected chi connectivity index (χ3v) is 4.77. The molecule has 0 fully saturated rings. The summed E-state index contributed by atoms with van der Waals surface area (Å²) < 4.78 is 0. The monoisotopic (exact) mass is 391 g/mol. The molecule has 0 heterocycles. The molecular weight excluding hydrogens is 390 g/mol. The molecule has 9 nitrogen and oxygen atoms in total. The number of allylic oxidation sites excluding steroid dienone is 3. The Morgan fingerprint density at radius 3 is 1.13 bits per heavy atom. The van der Waals surface area contributed by atoms with Crippen LogP contribution < -0.4 is 0 Å². The van der Waals surface area contributed by atoms with Crippen LogP contribution in [-0.4, -0.2) is 5.87 Å². The lowest BCUT2D eigenvalue weighted by molar-refractivity contribution is 1.37. The van der Waals surface area contributed by atoms with Crippen LogP contribution in [0.4, 0.5) is 0 Å². The number of nitrogens with one attached hydrogen (secondary N) is 1. The molecule has 2 aromatic carbocycles. The van der Waals surface area contributed by atoms with Crippen molar-refractivity contribution in [1.29, 1.82) is 47.5 Å². The number of rotatable bonds is 0. The smallest absolute Gasteiger partial charge is 0.102 e. The summed E-state index contributed by atoms with van der Waals surface area (Å²) >= 11 is 0. The average molecular weight is 391 g/mol. The molecule has 0 unspecified atom stereocenters. The average Bonchev–Trinajstić information content (AvgIpc) is 3.13.